The molecule has 3 rings (SSSR count). The number of hydrogen-bond acceptors (Lipinski definition) is 7. The molecule has 3 aromatic carbocycles. The van der Waals surface area contributed by atoms with Crippen LogP contribution < -0.4 is 15.0 Å². The summed E-state index contributed by atoms with van der Waals surface area (Å²) < 4.78 is 10.3. The van der Waals surface area contributed by atoms with Gasteiger partial charge in [-0.25, -0.2) is 10.3 Å². The summed E-state index contributed by atoms with van der Waals surface area (Å²) in [7, 11) is 3.00. The number of nitrogens with one attached hydrogen (secondary N) is 1. The molecule has 31 heavy (non-hydrogen) atoms. The van der Waals surface area contributed by atoms with Crippen molar-refractivity contribution in [2.75, 3.05) is 19.7 Å². The van der Waals surface area contributed by atoms with E-state index in [0.717, 1.165) is 5.56 Å². The number of carbonyl (C=O) groups excluding carboxylic acids is 2. The van der Waals surface area contributed by atoms with Gasteiger partial charge < -0.3 is 14.3 Å². The average Bonchev–Trinajstić information content (AvgIpc) is 2.81. The number of ether oxygens (including phenoxy) is 2. The third kappa shape index (κ3) is 5.66. The number of nitrogens with zero attached hydrogens (tertiary/aromatic N) is 2. The lowest BCUT2D eigenvalue weighted by Gasteiger charge is -2.07. The van der Waals surface area contributed by atoms with Gasteiger partial charge in [0.05, 0.1) is 31.2 Å². The van der Waals surface area contributed by atoms with Crippen molar-refractivity contribution in [3.8, 4) is 11.5 Å². The molecule has 0 aromatic heterocycles. The lowest BCUT2D eigenvalue weighted by Crippen LogP contribution is -2.10. The summed E-state index contributed by atoms with van der Waals surface area (Å²) >= 11 is 0. The number of azo groups is 1. The Bertz CT molecular complexity index is 1110. The molecule has 158 valence electrons. The van der Waals surface area contributed by atoms with Crippen LogP contribution in [0.4, 0.5) is 11.4 Å². The molecule has 0 aliphatic carbocycles. The van der Waals surface area contributed by atoms with E-state index in [9.17, 15) is 9.59 Å². The Kier molecular flexibility index (Phi) is 6.95. The molecule has 0 fully saturated rings. The van der Waals surface area contributed by atoms with Gasteiger partial charge in [0, 0.05) is 5.56 Å². The topological polar surface area (TPSA) is 98.6 Å². The Labute approximate surface area is 179 Å². The fraction of sp³-hybridized carbons (Fsp3) is 0.130. The Morgan fingerprint density at radius 3 is 2.26 bits per heavy atom. The van der Waals surface area contributed by atoms with Crippen LogP contribution in [0.15, 0.2) is 77.0 Å². The first-order valence-electron chi connectivity index (χ1n) is 9.32. The van der Waals surface area contributed by atoms with E-state index in [1.54, 1.807) is 54.6 Å². The molecule has 0 unspecified atom stereocenters. The van der Waals surface area contributed by atoms with Gasteiger partial charge in [-0.05, 0) is 61.5 Å². The maximum absolute atomic E-state index is 12.3. The highest BCUT2D eigenvalue weighted by atomic mass is 16.7. The van der Waals surface area contributed by atoms with E-state index in [1.807, 2.05) is 13.0 Å². The van der Waals surface area contributed by atoms with Crippen LogP contribution in [0.1, 0.15) is 26.3 Å². The summed E-state index contributed by atoms with van der Waals surface area (Å²) in [5.74, 6) is -0.0652. The zero-order chi connectivity index (χ0) is 22.2. The lowest BCUT2D eigenvalue weighted by molar-refractivity contribution is 0.0596. The normalized spacial score (nSPS) is 10.5. The molecule has 0 saturated heterocycles. The summed E-state index contributed by atoms with van der Waals surface area (Å²) in [6.07, 6.45) is 0. The number of carbonyl (C=O) groups is 2. The first kappa shape index (κ1) is 21.5. The van der Waals surface area contributed by atoms with Gasteiger partial charge in [0.25, 0.3) is 5.91 Å². The second-order valence-electron chi connectivity index (χ2n) is 6.48. The van der Waals surface area contributed by atoms with Crippen LogP contribution in [0, 0.1) is 6.92 Å². The summed E-state index contributed by atoms with van der Waals surface area (Å²) in [5.41, 5.74) is 5.34. The molecule has 0 atom stereocenters. The quantitative estimate of drug-likeness (QED) is 0.422. The lowest BCUT2D eigenvalue weighted by atomic mass is 10.1. The molecular weight excluding hydrogens is 398 g/mol. The predicted molar refractivity (Wildman–Crippen MR) is 115 cm³/mol. The molecule has 1 amide bonds. The van der Waals surface area contributed by atoms with Crippen molar-refractivity contribution >= 4 is 23.3 Å². The van der Waals surface area contributed by atoms with Crippen molar-refractivity contribution in [3.63, 3.8) is 0 Å². The summed E-state index contributed by atoms with van der Waals surface area (Å²) in [6.45, 7) is 1.90. The van der Waals surface area contributed by atoms with Crippen LogP contribution in [-0.4, -0.2) is 26.1 Å². The smallest absolute Gasteiger partial charge is 0.362 e. The molecule has 3 aromatic rings. The first-order valence-corrected chi connectivity index (χ1v) is 9.32. The molecule has 1 N–H and O–H groups in total. The Balaban J connectivity index is 1.59. The summed E-state index contributed by atoms with van der Waals surface area (Å²) in [4.78, 5) is 29.4. The van der Waals surface area contributed by atoms with Gasteiger partial charge in [0.1, 0.15) is 0 Å². The fourth-order valence-electron chi connectivity index (χ4n) is 2.66. The molecular formula is C23H21N3O5. The molecule has 0 aliphatic heterocycles. The standard InChI is InChI=1S/C23H21N3O5/c1-15-5-4-6-17(13-15)23(28)31-26-19-10-8-18(9-11-19)24-25-22(27)16-7-12-20(29-2)21(14-16)30-3/h4-14,26H,1-3H3. The fourth-order valence-corrected chi connectivity index (χ4v) is 2.66. The third-order valence-electron chi connectivity index (χ3n) is 4.27. The number of rotatable bonds is 7. The molecule has 8 nitrogen and oxygen atoms in total. The molecule has 0 saturated carbocycles. The Morgan fingerprint density at radius 2 is 1.58 bits per heavy atom. The van der Waals surface area contributed by atoms with Crippen LogP contribution >= 0.6 is 0 Å². The van der Waals surface area contributed by atoms with Crippen LogP contribution in [0.5, 0.6) is 11.5 Å². The average molecular weight is 419 g/mol. The molecule has 0 radical (unpaired) electrons. The number of hydrogen-bond donors (Lipinski definition) is 1. The highest BCUT2D eigenvalue weighted by molar-refractivity contribution is 5.95. The van der Waals surface area contributed by atoms with E-state index in [4.69, 9.17) is 14.3 Å². The minimum Gasteiger partial charge on any atom is -0.493 e. The Morgan fingerprint density at radius 1 is 0.839 bits per heavy atom. The van der Waals surface area contributed by atoms with Crippen molar-refractivity contribution in [2.24, 2.45) is 10.2 Å². The number of methoxy groups -OCH3 is 2. The third-order valence-corrected chi connectivity index (χ3v) is 4.27. The van der Waals surface area contributed by atoms with Crippen LogP contribution in [0.3, 0.4) is 0 Å². The van der Waals surface area contributed by atoms with Crippen molar-refractivity contribution in [1.29, 1.82) is 0 Å². The number of aryl methyl sites for hydroxylation is 1. The number of benzene rings is 3. The monoisotopic (exact) mass is 419 g/mol. The largest absolute Gasteiger partial charge is 0.493 e. The van der Waals surface area contributed by atoms with Crippen LogP contribution in [0.25, 0.3) is 0 Å². The zero-order valence-electron chi connectivity index (χ0n) is 17.3. The van der Waals surface area contributed by atoms with Gasteiger partial charge in [-0.1, -0.05) is 17.7 Å². The van der Waals surface area contributed by atoms with Crippen molar-refractivity contribution in [1.82, 2.24) is 0 Å². The highest BCUT2D eigenvalue weighted by Crippen LogP contribution is 2.28. The maximum atomic E-state index is 12.3. The van der Waals surface area contributed by atoms with Gasteiger partial charge >= 0.3 is 5.97 Å². The predicted octanol–water partition coefficient (Wildman–Crippen LogP) is 5.12. The first-order chi connectivity index (χ1) is 15.0. The minimum absolute atomic E-state index is 0.322. The zero-order valence-corrected chi connectivity index (χ0v) is 17.3. The van der Waals surface area contributed by atoms with E-state index in [2.05, 4.69) is 15.7 Å². The Hall–Kier alpha value is -4.20. The molecule has 0 spiro atoms. The van der Waals surface area contributed by atoms with E-state index in [0.29, 0.717) is 34.0 Å². The van der Waals surface area contributed by atoms with Gasteiger partial charge in [0.2, 0.25) is 0 Å². The second kappa shape index (κ2) is 10.0. The van der Waals surface area contributed by atoms with Gasteiger partial charge in [-0.15, -0.1) is 10.2 Å². The van der Waals surface area contributed by atoms with E-state index < -0.39 is 11.9 Å². The maximum Gasteiger partial charge on any atom is 0.362 e. The van der Waals surface area contributed by atoms with Crippen LogP contribution in [0.2, 0.25) is 0 Å². The van der Waals surface area contributed by atoms with Gasteiger partial charge in [-0.3, -0.25) is 4.79 Å². The van der Waals surface area contributed by atoms with Crippen molar-refractivity contribution in [2.45, 2.75) is 6.92 Å². The van der Waals surface area contributed by atoms with Crippen LogP contribution in [-0.2, 0) is 4.84 Å². The van der Waals surface area contributed by atoms with E-state index in [1.165, 1.54) is 20.3 Å². The molecule has 0 bridgehead atoms. The van der Waals surface area contributed by atoms with E-state index in [-0.39, 0.29) is 0 Å². The number of amides is 1. The van der Waals surface area contributed by atoms with Crippen molar-refractivity contribution < 1.29 is 23.9 Å². The second-order valence-corrected chi connectivity index (χ2v) is 6.48. The van der Waals surface area contributed by atoms with E-state index >= 15 is 0 Å². The molecule has 0 aliphatic rings. The molecule has 8 heteroatoms. The van der Waals surface area contributed by atoms with Gasteiger partial charge in [-0.2, -0.15) is 0 Å². The number of anilines is 1. The highest BCUT2D eigenvalue weighted by Gasteiger charge is 2.10. The SMILES string of the molecule is COc1ccc(C(=O)N=Nc2ccc(NOC(=O)c3cccc(C)c3)cc2)cc1OC. The van der Waals surface area contributed by atoms with Crippen molar-refractivity contribution in [3.05, 3.63) is 83.4 Å². The van der Waals surface area contributed by atoms with Gasteiger partial charge in [0.15, 0.2) is 11.5 Å². The minimum atomic E-state index is -0.518. The summed E-state index contributed by atoms with van der Waals surface area (Å²) in [5, 5.41) is 7.67. The summed E-state index contributed by atoms with van der Waals surface area (Å²) in [6, 6.07) is 18.4. The molecule has 0 heterocycles.